The highest BCUT2D eigenvalue weighted by Crippen LogP contribution is 2.24. The first kappa shape index (κ1) is 12.6. The molecular formula is C11H10N4O4. The molecule has 8 nitrogen and oxygen atoms in total. The summed E-state index contributed by atoms with van der Waals surface area (Å²) in [4.78, 5) is 21.8. The summed E-state index contributed by atoms with van der Waals surface area (Å²) < 4.78 is 1.01. The molecule has 19 heavy (non-hydrogen) atoms. The number of benzene rings is 1. The molecule has 0 amide bonds. The Bertz CT molecular complexity index is 650. The van der Waals surface area contributed by atoms with Gasteiger partial charge in [-0.05, 0) is 12.1 Å². The third-order valence-corrected chi connectivity index (χ3v) is 2.38. The van der Waals surface area contributed by atoms with Gasteiger partial charge in [0.15, 0.2) is 5.69 Å². The van der Waals surface area contributed by atoms with Crippen LogP contribution in [0.25, 0.3) is 11.3 Å². The van der Waals surface area contributed by atoms with Gasteiger partial charge in [0.25, 0.3) is 0 Å². The summed E-state index contributed by atoms with van der Waals surface area (Å²) in [5.74, 6) is -2.43. The topological polar surface area (TPSA) is 131 Å². The summed E-state index contributed by atoms with van der Waals surface area (Å²) in [6.45, 7) is -0.482. The Morgan fingerprint density at radius 3 is 2.63 bits per heavy atom. The number of nitrogen functional groups attached to an aromatic ring is 1. The highest BCUT2D eigenvalue weighted by Gasteiger charge is 2.21. The molecule has 0 fully saturated rings. The molecule has 2 aromatic rings. The standard InChI is InChI=1S/C11H10N4O4/c12-7-3-1-2-6(4-7)10-9(11(18)19)13-14-15(10)5-8(16)17/h1-4H,5,12H2,(H,16,17)(H,18,19). The summed E-state index contributed by atoms with van der Waals surface area (Å²) in [6, 6.07) is 6.41. The number of aliphatic carboxylic acids is 1. The van der Waals surface area contributed by atoms with Crippen LogP contribution in [0, 0.1) is 0 Å². The summed E-state index contributed by atoms with van der Waals surface area (Å²) >= 11 is 0. The van der Waals surface area contributed by atoms with E-state index in [-0.39, 0.29) is 11.4 Å². The molecule has 0 bridgehead atoms. The van der Waals surface area contributed by atoms with Crippen LogP contribution >= 0.6 is 0 Å². The fourth-order valence-electron chi connectivity index (χ4n) is 1.67. The highest BCUT2D eigenvalue weighted by molar-refractivity contribution is 5.93. The number of carbonyl (C=O) groups is 2. The van der Waals surface area contributed by atoms with E-state index in [2.05, 4.69) is 10.3 Å². The van der Waals surface area contributed by atoms with Crippen molar-refractivity contribution in [2.24, 2.45) is 0 Å². The predicted molar refractivity (Wildman–Crippen MR) is 64.5 cm³/mol. The Morgan fingerprint density at radius 1 is 1.32 bits per heavy atom. The smallest absolute Gasteiger partial charge is 0.358 e. The fraction of sp³-hybridized carbons (Fsp3) is 0.0909. The van der Waals surface area contributed by atoms with Crippen molar-refractivity contribution in [2.45, 2.75) is 6.54 Å². The normalized spacial score (nSPS) is 10.3. The van der Waals surface area contributed by atoms with Gasteiger partial charge in [-0.3, -0.25) is 4.79 Å². The second kappa shape index (κ2) is 4.77. The SMILES string of the molecule is Nc1cccc(-c2c(C(=O)O)nnn2CC(=O)O)c1. The number of nitrogens with two attached hydrogens (primary N) is 1. The minimum atomic E-state index is -1.28. The number of rotatable bonds is 4. The number of aromatic carboxylic acids is 1. The van der Waals surface area contributed by atoms with Crippen LogP contribution in [0.4, 0.5) is 5.69 Å². The van der Waals surface area contributed by atoms with Gasteiger partial charge >= 0.3 is 11.9 Å². The van der Waals surface area contributed by atoms with Crippen LogP contribution in [0.3, 0.4) is 0 Å². The second-order valence-electron chi connectivity index (χ2n) is 3.77. The van der Waals surface area contributed by atoms with E-state index >= 15 is 0 Å². The van der Waals surface area contributed by atoms with Crippen molar-refractivity contribution in [3.8, 4) is 11.3 Å². The van der Waals surface area contributed by atoms with Gasteiger partial charge in [-0.2, -0.15) is 0 Å². The summed E-state index contributed by atoms with van der Waals surface area (Å²) in [7, 11) is 0. The maximum atomic E-state index is 11.1. The van der Waals surface area contributed by atoms with Crippen LogP contribution in [0.5, 0.6) is 0 Å². The second-order valence-corrected chi connectivity index (χ2v) is 3.77. The lowest BCUT2D eigenvalue weighted by Gasteiger charge is -2.05. The maximum absolute atomic E-state index is 11.1. The first-order chi connectivity index (χ1) is 8.99. The summed E-state index contributed by atoms with van der Waals surface area (Å²) in [5, 5.41) is 24.9. The molecule has 0 aliphatic rings. The molecular weight excluding hydrogens is 252 g/mol. The Kier molecular flexibility index (Phi) is 3.15. The molecule has 0 aliphatic heterocycles. The molecule has 2 rings (SSSR count). The molecule has 98 valence electrons. The molecule has 0 radical (unpaired) electrons. The van der Waals surface area contributed by atoms with E-state index in [4.69, 9.17) is 15.9 Å². The predicted octanol–water partition coefficient (Wildman–Crippen LogP) is 0.310. The number of aromatic nitrogens is 3. The molecule has 0 atom stereocenters. The Labute approximate surface area is 107 Å². The monoisotopic (exact) mass is 262 g/mol. The van der Waals surface area contributed by atoms with Gasteiger partial charge in [-0.15, -0.1) is 5.10 Å². The van der Waals surface area contributed by atoms with Gasteiger partial charge in [-0.25, -0.2) is 9.48 Å². The number of nitrogens with zero attached hydrogens (tertiary/aromatic N) is 3. The Hall–Kier alpha value is -2.90. The van der Waals surface area contributed by atoms with E-state index in [0.29, 0.717) is 11.3 Å². The zero-order valence-corrected chi connectivity index (χ0v) is 9.65. The van der Waals surface area contributed by atoms with Crippen molar-refractivity contribution in [3.05, 3.63) is 30.0 Å². The van der Waals surface area contributed by atoms with Gasteiger partial charge in [0, 0.05) is 11.3 Å². The van der Waals surface area contributed by atoms with Crippen LogP contribution < -0.4 is 5.73 Å². The molecule has 1 aromatic heterocycles. The van der Waals surface area contributed by atoms with E-state index in [1.54, 1.807) is 18.2 Å². The number of carboxylic acids is 2. The van der Waals surface area contributed by atoms with Crippen molar-refractivity contribution in [1.82, 2.24) is 15.0 Å². The molecule has 0 unspecified atom stereocenters. The largest absolute Gasteiger partial charge is 0.480 e. The van der Waals surface area contributed by atoms with Crippen LogP contribution in [0.15, 0.2) is 24.3 Å². The molecule has 0 saturated heterocycles. The molecule has 1 heterocycles. The van der Waals surface area contributed by atoms with E-state index in [1.807, 2.05) is 0 Å². The molecule has 4 N–H and O–H groups in total. The lowest BCUT2D eigenvalue weighted by atomic mass is 10.1. The zero-order valence-electron chi connectivity index (χ0n) is 9.65. The minimum Gasteiger partial charge on any atom is -0.480 e. The van der Waals surface area contributed by atoms with E-state index < -0.39 is 18.5 Å². The maximum Gasteiger partial charge on any atom is 0.358 e. The van der Waals surface area contributed by atoms with Gasteiger partial charge in [0.05, 0.1) is 0 Å². The number of anilines is 1. The average molecular weight is 262 g/mol. The van der Waals surface area contributed by atoms with Gasteiger partial charge in [0.2, 0.25) is 0 Å². The highest BCUT2D eigenvalue weighted by atomic mass is 16.4. The molecule has 1 aromatic carbocycles. The summed E-state index contributed by atoms with van der Waals surface area (Å²) in [5.41, 5.74) is 6.30. The van der Waals surface area contributed by atoms with Crippen molar-refractivity contribution in [1.29, 1.82) is 0 Å². The lowest BCUT2D eigenvalue weighted by Crippen LogP contribution is -2.12. The third kappa shape index (κ3) is 2.51. The van der Waals surface area contributed by atoms with Crippen molar-refractivity contribution in [2.75, 3.05) is 5.73 Å². The van der Waals surface area contributed by atoms with Crippen molar-refractivity contribution < 1.29 is 19.8 Å². The van der Waals surface area contributed by atoms with Crippen molar-refractivity contribution in [3.63, 3.8) is 0 Å². The number of hydrogen-bond acceptors (Lipinski definition) is 5. The number of carboxylic acid groups (broad SMARTS) is 2. The van der Waals surface area contributed by atoms with Crippen LogP contribution in [0.2, 0.25) is 0 Å². The molecule has 0 saturated carbocycles. The molecule has 8 heteroatoms. The fourth-order valence-corrected chi connectivity index (χ4v) is 1.67. The van der Waals surface area contributed by atoms with Crippen LogP contribution in [-0.4, -0.2) is 37.1 Å². The van der Waals surface area contributed by atoms with Crippen LogP contribution in [0.1, 0.15) is 10.5 Å². The van der Waals surface area contributed by atoms with Gasteiger partial charge in [0.1, 0.15) is 12.2 Å². The first-order valence-corrected chi connectivity index (χ1v) is 5.23. The van der Waals surface area contributed by atoms with Gasteiger partial charge < -0.3 is 15.9 Å². The van der Waals surface area contributed by atoms with Crippen molar-refractivity contribution >= 4 is 17.6 Å². The molecule has 0 spiro atoms. The van der Waals surface area contributed by atoms with E-state index in [9.17, 15) is 9.59 Å². The van der Waals surface area contributed by atoms with E-state index in [0.717, 1.165) is 4.68 Å². The average Bonchev–Trinajstić information content (AvgIpc) is 2.71. The van der Waals surface area contributed by atoms with Gasteiger partial charge in [-0.1, -0.05) is 17.3 Å². The first-order valence-electron chi connectivity index (χ1n) is 5.23. The van der Waals surface area contributed by atoms with E-state index in [1.165, 1.54) is 6.07 Å². The Balaban J connectivity index is 2.61. The third-order valence-electron chi connectivity index (χ3n) is 2.38. The van der Waals surface area contributed by atoms with Crippen LogP contribution in [-0.2, 0) is 11.3 Å². The minimum absolute atomic E-state index is 0.113. The summed E-state index contributed by atoms with van der Waals surface area (Å²) in [6.07, 6.45) is 0. The lowest BCUT2D eigenvalue weighted by molar-refractivity contribution is -0.137. The zero-order chi connectivity index (χ0) is 14.0. The Morgan fingerprint density at radius 2 is 2.05 bits per heavy atom. The number of hydrogen-bond donors (Lipinski definition) is 3. The molecule has 0 aliphatic carbocycles. The quantitative estimate of drug-likeness (QED) is 0.675.